The number of fused-ring (bicyclic) bond motifs is 3. The largest absolute Gasteiger partial charge is 0.497 e. The van der Waals surface area contributed by atoms with Crippen LogP contribution in [0.5, 0.6) is 5.75 Å². The fourth-order valence-corrected chi connectivity index (χ4v) is 6.11. The first-order valence-corrected chi connectivity index (χ1v) is 9.75. The monoisotopic (exact) mass is 352 g/mol. The van der Waals surface area contributed by atoms with E-state index in [2.05, 4.69) is 0 Å². The molecule has 5 rings (SSSR count). The molecule has 4 heteroatoms. The molecule has 3 aliphatic rings. The molecular weight excluding hydrogens is 328 g/mol. The van der Waals surface area contributed by atoms with Crippen molar-refractivity contribution < 1.29 is 13.9 Å². The van der Waals surface area contributed by atoms with Gasteiger partial charge in [0.15, 0.2) is 5.78 Å². The Hall–Kier alpha value is -2.10. The Labute approximate surface area is 152 Å². The Morgan fingerprint density at radius 2 is 2.04 bits per heavy atom. The molecular formula is C22H24O4. The van der Waals surface area contributed by atoms with Crippen LogP contribution in [0.4, 0.5) is 0 Å². The first-order valence-electron chi connectivity index (χ1n) is 9.75. The summed E-state index contributed by atoms with van der Waals surface area (Å²) in [5.74, 6) is 2.81. The Balaban J connectivity index is 1.58. The first kappa shape index (κ1) is 16.1. The molecule has 3 bridgehead atoms. The van der Waals surface area contributed by atoms with Crippen LogP contribution in [-0.4, -0.2) is 12.9 Å². The molecule has 0 spiro atoms. The summed E-state index contributed by atoms with van der Waals surface area (Å²) in [6, 6.07) is 7.10. The van der Waals surface area contributed by atoms with Gasteiger partial charge in [0.1, 0.15) is 16.9 Å². The highest BCUT2D eigenvalue weighted by molar-refractivity contribution is 6.02. The number of ketones is 1. The lowest BCUT2D eigenvalue weighted by Gasteiger charge is -2.38. The lowest BCUT2D eigenvalue weighted by molar-refractivity contribution is 0.0607. The Kier molecular flexibility index (Phi) is 3.53. The SMILES string of the molecule is COc1ccc2cc(C(=O)C34CCCC5CC(CC5C3)C4)c(=O)oc2c1. The maximum absolute atomic E-state index is 13.6. The van der Waals surface area contributed by atoms with Gasteiger partial charge < -0.3 is 9.15 Å². The molecule has 136 valence electrons. The molecule has 3 fully saturated rings. The average molecular weight is 352 g/mol. The van der Waals surface area contributed by atoms with E-state index in [9.17, 15) is 9.59 Å². The zero-order chi connectivity index (χ0) is 17.9. The van der Waals surface area contributed by atoms with E-state index in [1.807, 2.05) is 12.1 Å². The van der Waals surface area contributed by atoms with Crippen molar-refractivity contribution in [3.8, 4) is 5.75 Å². The van der Waals surface area contributed by atoms with Crippen LogP contribution in [0.25, 0.3) is 11.0 Å². The molecule has 1 heterocycles. The van der Waals surface area contributed by atoms with Crippen molar-refractivity contribution >= 4 is 16.8 Å². The topological polar surface area (TPSA) is 56.5 Å². The lowest BCUT2D eigenvalue weighted by Crippen LogP contribution is -2.39. The van der Waals surface area contributed by atoms with Crippen molar-refractivity contribution in [2.75, 3.05) is 7.11 Å². The molecule has 4 unspecified atom stereocenters. The van der Waals surface area contributed by atoms with Gasteiger partial charge in [0, 0.05) is 16.9 Å². The molecule has 3 saturated carbocycles. The highest BCUT2D eigenvalue weighted by Gasteiger charge is 2.53. The highest BCUT2D eigenvalue weighted by Crippen LogP contribution is 2.59. The first-order chi connectivity index (χ1) is 12.6. The van der Waals surface area contributed by atoms with E-state index in [1.54, 1.807) is 19.2 Å². The number of ether oxygens (including phenoxy) is 1. The van der Waals surface area contributed by atoms with Gasteiger partial charge in [-0.05, 0) is 68.1 Å². The van der Waals surface area contributed by atoms with Crippen molar-refractivity contribution in [2.24, 2.45) is 23.2 Å². The fraction of sp³-hybridized carbons (Fsp3) is 0.545. The third-order valence-electron chi connectivity index (χ3n) is 7.17. The molecule has 4 nitrogen and oxygen atoms in total. The molecule has 3 aliphatic carbocycles. The Morgan fingerprint density at radius 1 is 1.19 bits per heavy atom. The summed E-state index contributed by atoms with van der Waals surface area (Å²) in [5, 5.41) is 0.774. The summed E-state index contributed by atoms with van der Waals surface area (Å²) < 4.78 is 10.7. The van der Waals surface area contributed by atoms with Crippen LogP contribution in [0.15, 0.2) is 33.5 Å². The predicted octanol–water partition coefficient (Wildman–Crippen LogP) is 4.59. The van der Waals surface area contributed by atoms with Crippen LogP contribution in [0.2, 0.25) is 0 Å². The fourth-order valence-electron chi connectivity index (χ4n) is 6.11. The minimum absolute atomic E-state index is 0.0289. The molecule has 0 N–H and O–H groups in total. The second-order valence-corrected chi connectivity index (χ2v) is 8.62. The highest BCUT2D eigenvalue weighted by atomic mass is 16.5. The second-order valence-electron chi connectivity index (χ2n) is 8.62. The maximum atomic E-state index is 13.6. The number of methoxy groups -OCH3 is 1. The third-order valence-corrected chi connectivity index (χ3v) is 7.17. The van der Waals surface area contributed by atoms with Crippen molar-refractivity contribution in [1.82, 2.24) is 0 Å². The zero-order valence-corrected chi connectivity index (χ0v) is 15.1. The van der Waals surface area contributed by atoms with Gasteiger partial charge in [0.2, 0.25) is 0 Å². The standard InChI is InChI=1S/C22H24O4/c1-25-17-5-4-15-9-18(21(24)26-19(15)10-17)20(23)22-6-2-3-14-7-13(11-22)8-16(14)12-22/h4-5,9-10,13-14,16H,2-3,6-8,11-12H2,1H3. The van der Waals surface area contributed by atoms with E-state index in [0.717, 1.165) is 37.0 Å². The summed E-state index contributed by atoms with van der Waals surface area (Å²) in [4.78, 5) is 26.2. The van der Waals surface area contributed by atoms with Gasteiger partial charge >= 0.3 is 5.63 Å². The summed E-state index contributed by atoms with van der Waals surface area (Å²) in [5.41, 5.74) is -0.146. The third kappa shape index (κ3) is 2.34. The van der Waals surface area contributed by atoms with Gasteiger partial charge in [-0.1, -0.05) is 12.8 Å². The summed E-state index contributed by atoms with van der Waals surface area (Å²) in [7, 11) is 1.58. The van der Waals surface area contributed by atoms with Crippen LogP contribution >= 0.6 is 0 Å². The van der Waals surface area contributed by atoms with Gasteiger partial charge in [-0.25, -0.2) is 4.79 Å². The van der Waals surface area contributed by atoms with E-state index < -0.39 is 5.63 Å². The Bertz CT molecular complexity index is 943. The number of Topliss-reactive ketones (excluding diaryl/α,β-unsaturated/α-hetero) is 1. The average Bonchev–Trinajstić information content (AvgIpc) is 2.85. The summed E-state index contributed by atoms with van der Waals surface area (Å²) in [6.07, 6.45) is 7.77. The number of carbonyl (C=O) groups excluding carboxylic acids is 1. The van der Waals surface area contributed by atoms with Gasteiger partial charge in [-0.3, -0.25) is 4.79 Å². The van der Waals surface area contributed by atoms with Gasteiger partial charge in [-0.2, -0.15) is 0 Å². The predicted molar refractivity (Wildman–Crippen MR) is 98.6 cm³/mol. The number of hydrogen-bond acceptors (Lipinski definition) is 4. The molecule has 0 amide bonds. The molecule has 0 saturated heterocycles. The number of hydrogen-bond donors (Lipinski definition) is 0. The van der Waals surface area contributed by atoms with Gasteiger partial charge in [-0.15, -0.1) is 0 Å². The van der Waals surface area contributed by atoms with Crippen LogP contribution in [-0.2, 0) is 0 Å². The number of rotatable bonds is 3. The molecule has 26 heavy (non-hydrogen) atoms. The second kappa shape index (κ2) is 5.70. The lowest BCUT2D eigenvalue weighted by atomic mass is 9.64. The Morgan fingerprint density at radius 3 is 2.88 bits per heavy atom. The summed E-state index contributed by atoms with van der Waals surface area (Å²) >= 11 is 0. The smallest absolute Gasteiger partial charge is 0.347 e. The number of benzene rings is 1. The zero-order valence-electron chi connectivity index (χ0n) is 15.1. The minimum Gasteiger partial charge on any atom is -0.497 e. The van der Waals surface area contributed by atoms with Crippen LogP contribution < -0.4 is 10.4 Å². The van der Waals surface area contributed by atoms with Crippen molar-refractivity contribution in [1.29, 1.82) is 0 Å². The quantitative estimate of drug-likeness (QED) is 0.599. The van der Waals surface area contributed by atoms with Crippen LogP contribution in [0.1, 0.15) is 55.3 Å². The molecule has 0 radical (unpaired) electrons. The molecule has 2 aromatic rings. The van der Waals surface area contributed by atoms with E-state index >= 15 is 0 Å². The molecule has 1 aromatic heterocycles. The summed E-state index contributed by atoms with van der Waals surface area (Å²) in [6.45, 7) is 0. The van der Waals surface area contributed by atoms with E-state index in [4.69, 9.17) is 9.15 Å². The molecule has 4 atom stereocenters. The van der Waals surface area contributed by atoms with E-state index in [0.29, 0.717) is 23.2 Å². The molecule has 1 aromatic carbocycles. The number of carbonyl (C=O) groups is 1. The van der Waals surface area contributed by atoms with Crippen molar-refractivity contribution in [2.45, 2.75) is 44.9 Å². The molecule has 0 aliphatic heterocycles. The van der Waals surface area contributed by atoms with E-state index in [-0.39, 0.29) is 16.8 Å². The van der Waals surface area contributed by atoms with Crippen molar-refractivity contribution in [3.63, 3.8) is 0 Å². The van der Waals surface area contributed by atoms with Crippen LogP contribution in [0.3, 0.4) is 0 Å². The minimum atomic E-state index is -0.510. The van der Waals surface area contributed by atoms with Gasteiger partial charge in [0.25, 0.3) is 0 Å². The van der Waals surface area contributed by atoms with Crippen molar-refractivity contribution in [3.05, 3.63) is 40.2 Å². The maximum Gasteiger partial charge on any atom is 0.347 e. The van der Waals surface area contributed by atoms with Gasteiger partial charge in [0.05, 0.1) is 7.11 Å². The van der Waals surface area contributed by atoms with Crippen LogP contribution in [0, 0.1) is 23.2 Å². The van der Waals surface area contributed by atoms with E-state index in [1.165, 1.54) is 19.3 Å². The normalized spacial score (nSPS) is 32.6.